The summed E-state index contributed by atoms with van der Waals surface area (Å²) in [4.78, 5) is 15.3. The Morgan fingerprint density at radius 2 is 2.29 bits per heavy atom. The molecule has 2 rings (SSSR count). The maximum Gasteiger partial charge on any atom is 0.216 e. The van der Waals surface area contributed by atoms with Crippen LogP contribution in [0.25, 0.3) is 4.85 Å². The second kappa shape index (κ2) is 2.71. The summed E-state index contributed by atoms with van der Waals surface area (Å²) in [5, 5.41) is 0. The number of Topliss-reactive ketones (excluding diaryl/α,β-unsaturated/α-hetero) is 1. The summed E-state index contributed by atoms with van der Waals surface area (Å²) in [5.41, 5.74) is 0.628. The fourth-order valence-corrected chi connectivity index (χ4v) is 2.29. The molecule has 2 heterocycles. The number of carbonyl (C=O) groups is 1. The van der Waals surface area contributed by atoms with Crippen molar-refractivity contribution in [3.63, 3.8) is 0 Å². The number of nitrogens with zero attached hydrogens (tertiary/aromatic N) is 2. The van der Waals surface area contributed by atoms with Gasteiger partial charge in [-0.3, -0.25) is 4.79 Å². The molecule has 0 atom stereocenters. The predicted molar refractivity (Wildman–Crippen MR) is 56.5 cm³/mol. The van der Waals surface area contributed by atoms with Gasteiger partial charge in [-0.2, -0.15) is 0 Å². The minimum absolute atomic E-state index is 0.0641. The molecule has 3 nitrogen and oxygen atoms in total. The monoisotopic (exact) mass is 252 g/mol. The smallest absolute Gasteiger partial charge is 0.216 e. The van der Waals surface area contributed by atoms with Gasteiger partial charge in [0.1, 0.15) is 0 Å². The lowest BCUT2D eigenvalue weighted by Gasteiger charge is -2.13. The number of aromatic nitrogens is 1. The molecular weight excluding hydrogens is 244 g/mol. The second-order valence-corrected chi connectivity index (χ2v) is 4.92. The Kier molecular flexibility index (Phi) is 1.83. The van der Waals surface area contributed by atoms with Gasteiger partial charge in [0.15, 0.2) is 5.78 Å². The standard InChI is InChI=1S/C10H9BrN2O/c1-10(2)5-13-7(11)4-6(12-3)8(13)9(10)14/h4H,5H2,1-2H3. The van der Waals surface area contributed by atoms with E-state index in [1.807, 2.05) is 18.4 Å². The van der Waals surface area contributed by atoms with E-state index in [1.54, 1.807) is 6.07 Å². The van der Waals surface area contributed by atoms with E-state index in [4.69, 9.17) is 6.57 Å². The van der Waals surface area contributed by atoms with E-state index in [-0.39, 0.29) is 11.2 Å². The van der Waals surface area contributed by atoms with Gasteiger partial charge in [-0.1, -0.05) is 13.8 Å². The van der Waals surface area contributed by atoms with Crippen LogP contribution < -0.4 is 0 Å². The molecule has 1 aliphatic heterocycles. The molecule has 4 heteroatoms. The number of ketones is 1. The average molecular weight is 253 g/mol. The third-order valence-corrected chi connectivity index (χ3v) is 3.19. The summed E-state index contributed by atoms with van der Waals surface area (Å²) in [6, 6.07) is 1.70. The van der Waals surface area contributed by atoms with Gasteiger partial charge in [-0.25, -0.2) is 4.85 Å². The molecule has 0 saturated carbocycles. The zero-order valence-corrected chi connectivity index (χ0v) is 9.55. The van der Waals surface area contributed by atoms with Crippen molar-refractivity contribution in [1.29, 1.82) is 0 Å². The van der Waals surface area contributed by atoms with Crippen molar-refractivity contribution in [3.05, 3.63) is 27.8 Å². The van der Waals surface area contributed by atoms with Gasteiger partial charge in [0.2, 0.25) is 5.69 Å². The fourth-order valence-electron chi connectivity index (χ4n) is 1.77. The van der Waals surface area contributed by atoms with Crippen LogP contribution in [0, 0.1) is 12.0 Å². The van der Waals surface area contributed by atoms with E-state index in [0.29, 0.717) is 17.9 Å². The van der Waals surface area contributed by atoms with Crippen LogP contribution in [0.3, 0.4) is 0 Å². The Hall–Kier alpha value is -1.08. The second-order valence-electron chi connectivity index (χ2n) is 4.11. The lowest BCUT2D eigenvalue weighted by molar-refractivity contribution is 0.0861. The Balaban J connectivity index is 2.68. The van der Waals surface area contributed by atoms with Gasteiger partial charge in [-0.15, -0.1) is 0 Å². The first-order valence-electron chi connectivity index (χ1n) is 4.28. The molecule has 0 N–H and O–H groups in total. The van der Waals surface area contributed by atoms with Crippen LogP contribution in [0.1, 0.15) is 24.3 Å². The van der Waals surface area contributed by atoms with Crippen molar-refractivity contribution in [3.8, 4) is 0 Å². The van der Waals surface area contributed by atoms with Crippen LogP contribution in [-0.4, -0.2) is 10.4 Å². The Bertz CT molecular complexity index is 465. The largest absolute Gasteiger partial charge is 0.342 e. The third kappa shape index (κ3) is 1.05. The van der Waals surface area contributed by atoms with E-state index in [0.717, 1.165) is 4.60 Å². The minimum atomic E-state index is -0.376. The van der Waals surface area contributed by atoms with Crippen molar-refractivity contribution in [2.75, 3.05) is 0 Å². The molecule has 0 radical (unpaired) electrons. The summed E-state index contributed by atoms with van der Waals surface area (Å²) in [6.45, 7) is 11.4. The van der Waals surface area contributed by atoms with Crippen molar-refractivity contribution < 1.29 is 4.79 Å². The lowest BCUT2D eigenvalue weighted by Crippen LogP contribution is -2.19. The molecule has 0 saturated heterocycles. The van der Waals surface area contributed by atoms with Gasteiger partial charge in [0, 0.05) is 12.0 Å². The van der Waals surface area contributed by atoms with Crippen LogP contribution in [0.15, 0.2) is 10.7 Å². The molecule has 72 valence electrons. The molecule has 0 aromatic carbocycles. The molecule has 0 spiro atoms. The van der Waals surface area contributed by atoms with Crippen LogP contribution in [0.4, 0.5) is 5.69 Å². The number of fused-ring (bicyclic) bond motifs is 1. The average Bonchev–Trinajstić information content (AvgIpc) is 2.52. The molecule has 0 fully saturated rings. The SMILES string of the molecule is [C-]#[N+]c1cc(Br)n2c1C(=O)C(C)(C)C2. The van der Waals surface area contributed by atoms with Crippen LogP contribution in [0.5, 0.6) is 0 Å². The molecule has 0 bridgehead atoms. The zero-order chi connectivity index (χ0) is 10.5. The zero-order valence-electron chi connectivity index (χ0n) is 7.97. The van der Waals surface area contributed by atoms with E-state index in [1.165, 1.54) is 0 Å². The number of hydrogen-bond acceptors (Lipinski definition) is 1. The predicted octanol–water partition coefficient (Wildman–Crippen LogP) is 3.02. The lowest BCUT2D eigenvalue weighted by atomic mass is 9.89. The quantitative estimate of drug-likeness (QED) is 0.652. The van der Waals surface area contributed by atoms with Gasteiger partial charge < -0.3 is 4.57 Å². The fraction of sp³-hybridized carbons (Fsp3) is 0.400. The molecule has 1 aliphatic rings. The van der Waals surface area contributed by atoms with E-state index in [2.05, 4.69) is 20.8 Å². The summed E-state index contributed by atoms with van der Waals surface area (Å²) in [7, 11) is 0. The summed E-state index contributed by atoms with van der Waals surface area (Å²) < 4.78 is 2.69. The highest BCUT2D eigenvalue weighted by atomic mass is 79.9. The highest BCUT2D eigenvalue weighted by Crippen LogP contribution is 2.40. The maximum atomic E-state index is 11.9. The molecule has 14 heavy (non-hydrogen) atoms. The van der Waals surface area contributed by atoms with Crippen LogP contribution >= 0.6 is 15.9 Å². The van der Waals surface area contributed by atoms with Crippen molar-refractivity contribution in [2.45, 2.75) is 20.4 Å². The number of halogens is 1. The van der Waals surface area contributed by atoms with E-state index in [9.17, 15) is 4.79 Å². The highest BCUT2D eigenvalue weighted by molar-refractivity contribution is 9.10. The maximum absolute atomic E-state index is 11.9. The van der Waals surface area contributed by atoms with Gasteiger partial charge >= 0.3 is 0 Å². The molecule has 0 aliphatic carbocycles. The topological polar surface area (TPSA) is 26.4 Å². The van der Waals surface area contributed by atoms with Crippen molar-refractivity contribution >= 4 is 27.4 Å². The first kappa shape index (κ1) is 9.47. The first-order chi connectivity index (χ1) is 6.47. The van der Waals surface area contributed by atoms with Crippen molar-refractivity contribution in [2.24, 2.45) is 5.41 Å². The Morgan fingerprint density at radius 1 is 1.64 bits per heavy atom. The van der Waals surface area contributed by atoms with Crippen LogP contribution in [0.2, 0.25) is 0 Å². The molecular formula is C10H9BrN2O. The summed E-state index contributed by atoms with van der Waals surface area (Å²) >= 11 is 3.36. The summed E-state index contributed by atoms with van der Waals surface area (Å²) in [5.74, 6) is 0.0641. The molecule has 1 aromatic heterocycles. The summed E-state index contributed by atoms with van der Waals surface area (Å²) in [6.07, 6.45) is 0. The van der Waals surface area contributed by atoms with Crippen molar-refractivity contribution in [1.82, 2.24) is 4.57 Å². The first-order valence-corrected chi connectivity index (χ1v) is 5.08. The molecule has 0 unspecified atom stereocenters. The normalized spacial score (nSPS) is 18.0. The van der Waals surface area contributed by atoms with Gasteiger partial charge in [0.25, 0.3) is 0 Å². The number of carbonyl (C=O) groups excluding carboxylic acids is 1. The van der Waals surface area contributed by atoms with Crippen LogP contribution in [-0.2, 0) is 6.54 Å². The Labute approximate surface area is 90.7 Å². The number of rotatable bonds is 0. The number of hydrogen-bond donors (Lipinski definition) is 0. The molecule has 0 amide bonds. The minimum Gasteiger partial charge on any atom is -0.342 e. The van der Waals surface area contributed by atoms with E-state index >= 15 is 0 Å². The highest BCUT2D eigenvalue weighted by Gasteiger charge is 2.40. The van der Waals surface area contributed by atoms with Gasteiger partial charge in [-0.05, 0) is 22.0 Å². The third-order valence-electron chi connectivity index (χ3n) is 2.53. The van der Waals surface area contributed by atoms with Gasteiger partial charge in [0.05, 0.1) is 16.9 Å². The molecule has 1 aromatic rings. The Morgan fingerprint density at radius 3 is 2.86 bits per heavy atom. The van der Waals surface area contributed by atoms with E-state index < -0.39 is 0 Å².